The maximum Gasteiger partial charge on any atom is 0.261 e. The highest BCUT2D eigenvalue weighted by molar-refractivity contribution is 7.92. The Morgan fingerprint density at radius 3 is 2.06 bits per heavy atom. The number of piperidine rings is 1. The van der Waals surface area contributed by atoms with Crippen molar-refractivity contribution in [2.75, 3.05) is 9.62 Å². The monoisotopic (exact) mass is 450 g/mol. The zero-order valence-electron chi connectivity index (χ0n) is 17.2. The van der Waals surface area contributed by atoms with E-state index in [0.717, 1.165) is 10.5 Å². The fourth-order valence-corrected chi connectivity index (χ4v) is 4.45. The predicted octanol–water partition coefficient (Wildman–Crippen LogP) is 4.11. The maximum atomic E-state index is 12.7. The van der Waals surface area contributed by atoms with Gasteiger partial charge in [0, 0.05) is 18.5 Å². The van der Waals surface area contributed by atoms with Gasteiger partial charge in [-0.2, -0.15) is 0 Å². The van der Waals surface area contributed by atoms with E-state index in [-0.39, 0.29) is 16.7 Å². The number of rotatable bonds is 7. The molecule has 0 aromatic heterocycles. The highest BCUT2D eigenvalue weighted by Crippen LogP contribution is 2.25. The van der Waals surface area contributed by atoms with Gasteiger partial charge >= 0.3 is 0 Å². The third-order valence-electron chi connectivity index (χ3n) is 5.04. The van der Waals surface area contributed by atoms with Gasteiger partial charge in [-0.3, -0.25) is 19.2 Å². The molecule has 0 spiro atoms. The molecule has 1 N–H and O–H groups in total. The number of amides is 2. The van der Waals surface area contributed by atoms with Gasteiger partial charge in [0.2, 0.25) is 11.8 Å². The Morgan fingerprint density at radius 2 is 1.44 bits per heavy atom. The highest BCUT2D eigenvalue weighted by Gasteiger charge is 2.27. The van der Waals surface area contributed by atoms with Crippen LogP contribution >= 0.6 is 0 Å². The molecule has 4 rings (SSSR count). The lowest BCUT2D eigenvalue weighted by Crippen LogP contribution is -2.40. The first-order valence-corrected chi connectivity index (χ1v) is 11.7. The smallest absolute Gasteiger partial charge is 0.261 e. The topological polar surface area (TPSA) is 92.8 Å². The largest absolute Gasteiger partial charge is 0.489 e. The van der Waals surface area contributed by atoms with Gasteiger partial charge in [-0.1, -0.05) is 30.3 Å². The third-order valence-corrected chi connectivity index (χ3v) is 6.44. The molecule has 7 nitrogen and oxygen atoms in total. The molecule has 32 heavy (non-hydrogen) atoms. The van der Waals surface area contributed by atoms with E-state index in [1.807, 2.05) is 30.3 Å². The van der Waals surface area contributed by atoms with E-state index in [9.17, 15) is 18.0 Å². The second kappa shape index (κ2) is 9.23. The van der Waals surface area contributed by atoms with Crippen LogP contribution in [0.3, 0.4) is 0 Å². The van der Waals surface area contributed by atoms with E-state index in [0.29, 0.717) is 43.0 Å². The minimum Gasteiger partial charge on any atom is -0.489 e. The van der Waals surface area contributed by atoms with Crippen LogP contribution in [0.15, 0.2) is 83.8 Å². The lowest BCUT2D eigenvalue weighted by atomic mass is 10.1. The Morgan fingerprint density at radius 1 is 0.812 bits per heavy atom. The Balaban J connectivity index is 1.41. The number of anilines is 2. The van der Waals surface area contributed by atoms with Crippen molar-refractivity contribution in [3.05, 3.63) is 84.4 Å². The molecular weight excluding hydrogens is 428 g/mol. The summed E-state index contributed by atoms with van der Waals surface area (Å²) in [6.45, 7) is 0.417. The van der Waals surface area contributed by atoms with Crippen LogP contribution in [0.1, 0.15) is 24.8 Å². The standard InChI is InChI=1S/C24H22N2O5S/c27-23-7-4-8-24(28)26(23)20-11-15-22(16-12-20)32(29,30)25-19-9-13-21(14-10-19)31-17-18-5-2-1-3-6-18/h1-3,5-6,9-16,25H,4,7-8,17H2. The van der Waals surface area contributed by atoms with Crippen molar-refractivity contribution < 1.29 is 22.7 Å². The van der Waals surface area contributed by atoms with E-state index in [2.05, 4.69) is 4.72 Å². The Bertz CT molecular complexity index is 1190. The Kier molecular flexibility index (Phi) is 6.23. The van der Waals surface area contributed by atoms with Gasteiger partial charge < -0.3 is 4.74 Å². The van der Waals surface area contributed by atoms with Crippen LogP contribution in [-0.4, -0.2) is 20.2 Å². The number of carbonyl (C=O) groups excluding carboxylic acids is 2. The average molecular weight is 451 g/mol. The molecule has 0 aliphatic carbocycles. The second-order valence-electron chi connectivity index (χ2n) is 7.37. The van der Waals surface area contributed by atoms with Crippen LogP contribution in [0.5, 0.6) is 5.75 Å². The second-order valence-corrected chi connectivity index (χ2v) is 9.06. The highest BCUT2D eigenvalue weighted by atomic mass is 32.2. The van der Waals surface area contributed by atoms with Gasteiger partial charge in [0.25, 0.3) is 10.0 Å². The fourth-order valence-electron chi connectivity index (χ4n) is 3.39. The quantitative estimate of drug-likeness (QED) is 0.547. The van der Waals surface area contributed by atoms with Crippen molar-refractivity contribution in [1.82, 2.24) is 0 Å². The van der Waals surface area contributed by atoms with Crippen molar-refractivity contribution in [2.45, 2.75) is 30.8 Å². The summed E-state index contributed by atoms with van der Waals surface area (Å²) in [6.07, 6.45) is 1.15. The molecule has 0 saturated carbocycles. The first-order valence-electron chi connectivity index (χ1n) is 10.2. The Labute approximate surface area is 186 Å². The van der Waals surface area contributed by atoms with Crippen molar-refractivity contribution in [1.29, 1.82) is 0 Å². The SMILES string of the molecule is O=C1CCCC(=O)N1c1ccc(S(=O)(=O)Nc2ccc(OCc3ccccc3)cc2)cc1. The van der Waals surface area contributed by atoms with E-state index < -0.39 is 10.0 Å². The van der Waals surface area contributed by atoms with Gasteiger partial charge in [0.1, 0.15) is 12.4 Å². The number of hydrogen-bond donors (Lipinski definition) is 1. The molecule has 3 aromatic rings. The first kappa shape index (κ1) is 21.6. The van der Waals surface area contributed by atoms with Crippen LogP contribution in [0.2, 0.25) is 0 Å². The minimum absolute atomic E-state index is 0.0301. The summed E-state index contributed by atoms with van der Waals surface area (Å²) in [7, 11) is -3.84. The number of carbonyl (C=O) groups is 2. The normalized spacial score (nSPS) is 14.3. The van der Waals surface area contributed by atoms with Crippen LogP contribution < -0.4 is 14.4 Å². The molecular formula is C24H22N2O5S. The number of ether oxygens (including phenoxy) is 1. The van der Waals surface area contributed by atoms with Crippen molar-refractivity contribution in [2.24, 2.45) is 0 Å². The van der Waals surface area contributed by atoms with Gasteiger partial charge in [-0.25, -0.2) is 8.42 Å². The summed E-state index contributed by atoms with van der Waals surface area (Å²) in [5.41, 5.74) is 1.80. The number of hydrogen-bond acceptors (Lipinski definition) is 5. The van der Waals surface area contributed by atoms with Crippen molar-refractivity contribution in [3.63, 3.8) is 0 Å². The zero-order valence-corrected chi connectivity index (χ0v) is 18.0. The number of nitrogens with zero attached hydrogens (tertiary/aromatic N) is 1. The van der Waals surface area contributed by atoms with Crippen LogP contribution in [0, 0.1) is 0 Å². The van der Waals surface area contributed by atoms with Gasteiger partial charge in [0.15, 0.2) is 0 Å². The Hall–Kier alpha value is -3.65. The summed E-state index contributed by atoms with van der Waals surface area (Å²) in [5.74, 6) is 0.0751. The zero-order chi connectivity index (χ0) is 22.6. The summed E-state index contributed by atoms with van der Waals surface area (Å²) >= 11 is 0. The lowest BCUT2D eigenvalue weighted by molar-refractivity contribution is -0.129. The molecule has 1 fully saturated rings. The number of imide groups is 1. The fraction of sp³-hybridized carbons (Fsp3) is 0.167. The molecule has 0 atom stereocenters. The first-order chi connectivity index (χ1) is 15.4. The van der Waals surface area contributed by atoms with E-state index in [4.69, 9.17) is 4.74 Å². The number of sulfonamides is 1. The molecule has 164 valence electrons. The van der Waals surface area contributed by atoms with E-state index >= 15 is 0 Å². The molecule has 8 heteroatoms. The van der Waals surface area contributed by atoms with Crippen LogP contribution in [0.4, 0.5) is 11.4 Å². The molecule has 0 bridgehead atoms. The lowest BCUT2D eigenvalue weighted by Gasteiger charge is -2.24. The minimum atomic E-state index is -3.84. The summed E-state index contributed by atoms with van der Waals surface area (Å²) in [6, 6.07) is 22.1. The molecule has 3 aromatic carbocycles. The maximum absolute atomic E-state index is 12.7. The predicted molar refractivity (Wildman–Crippen MR) is 121 cm³/mol. The van der Waals surface area contributed by atoms with Crippen LogP contribution in [-0.2, 0) is 26.2 Å². The average Bonchev–Trinajstić information content (AvgIpc) is 2.79. The number of nitrogens with one attached hydrogen (secondary N) is 1. The molecule has 1 aliphatic heterocycles. The molecule has 1 saturated heterocycles. The summed E-state index contributed by atoms with van der Waals surface area (Å²) < 4.78 is 33.7. The third kappa shape index (κ3) is 4.97. The van der Waals surface area contributed by atoms with Crippen molar-refractivity contribution >= 4 is 33.2 Å². The van der Waals surface area contributed by atoms with E-state index in [1.165, 1.54) is 24.3 Å². The van der Waals surface area contributed by atoms with E-state index in [1.54, 1.807) is 24.3 Å². The number of benzene rings is 3. The van der Waals surface area contributed by atoms with Crippen molar-refractivity contribution in [3.8, 4) is 5.75 Å². The molecule has 1 aliphatic rings. The molecule has 0 radical (unpaired) electrons. The van der Waals surface area contributed by atoms with Crippen LogP contribution in [0.25, 0.3) is 0 Å². The molecule has 1 heterocycles. The van der Waals surface area contributed by atoms with Gasteiger partial charge in [-0.05, 0) is 60.5 Å². The summed E-state index contributed by atoms with van der Waals surface area (Å²) in [5, 5.41) is 0. The molecule has 2 amide bonds. The van der Waals surface area contributed by atoms with Gasteiger partial charge in [-0.15, -0.1) is 0 Å². The van der Waals surface area contributed by atoms with Gasteiger partial charge in [0.05, 0.1) is 10.6 Å². The summed E-state index contributed by atoms with van der Waals surface area (Å²) in [4.78, 5) is 25.2. The molecule has 0 unspecified atom stereocenters.